The number of pyridine rings is 1. The van der Waals surface area contributed by atoms with Gasteiger partial charge in [0, 0.05) is 0 Å². The van der Waals surface area contributed by atoms with Gasteiger partial charge < -0.3 is 9.47 Å². The highest BCUT2D eigenvalue weighted by Crippen LogP contribution is 2.21. The summed E-state index contributed by atoms with van der Waals surface area (Å²) in [5, 5.41) is 7.37. The molecule has 4 nitrogen and oxygen atoms in total. The average molecular weight is 245 g/mol. The number of hydrogen-bond acceptors (Lipinski definition) is 4. The molecule has 0 amide bonds. The number of halogens is 1. The topological polar surface area (TPSA) is 55.2 Å². The molecule has 1 N–H and O–H groups in total. The quantitative estimate of drug-likeness (QED) is 0.638. The molecule has 0 aromatic carbocycles. The summed E-state index contributed by atoms with van der Waals surface area (Å²) in [6.07, 6.45) is 0. The first-order chi connectivity index (χ1) is 6.19. The van der Waals surface area contributed by atoms with Crippen molar-refractivity contribution >= 4 is 21.8 Å². The van der Waals surface area contributed by atoms with Crippen molar-refractivity contribution in [3.05, 3.63) is 22.3 Å². The van der Waals surface area contributed by atoms with E-state index in [2.05, 4.69) is 20.9 Å². The minimum absolute atomic E-state index is 0.0193. The number of nitrogens with zero attached hydrogens (tertiary/aromatic N) is 1. The maximum atomic E-state index is 7.37. The summed E-state index contributed by atoms with van der Waals surface area (Å²) in [5.41, 5.74) is 0.447. The highest BCUT2D eigenvalue weighted by molar-refractivity contribution is 9.10. The highest BCUT2D eigenvalue weighted by Gasteiger charge is 2.07. The lowest BCUT2D eigenvalue weighted by atomic mass is 10.3. The third-order valence-electron chi connectivity index (χ3n) is 1.44. The van der Waals surface area contributed by atoms with Crippen LogP contribution in [0.2, 0.25) is 0 Å². The zero-order chi connectivity index (χ0) is 9.84. The van der Waals surface area contributed by atoms with Gasteiger partial charge in [-0.3, -0.25) is 5.41 Å². The van der Waals surface area contributed by atoms with Crippen LogP contribution in [0.25, 0.3) is 0 Å². The Morgan fingerprint density at radius 2 is 2.15 bits per heavy atom. The lowest BCUT2D eigenvalue weighted by Crippen LogP contribution is -2.05. The Hall–Kier alpha value is -1.10. The van der Waals surface area contributed by atoms with Gasteiger partial charge in [0.05, 0.1) is 18.7 Å². The Morgan fingerprint density at radius 1 is 1.46 bits per heavy atom. The number of rotatable bonds is 2. The second-order valence-electron chi connectivity index (χ2n) is 2.22. The second kappa shape index (κ2) is 4.23. The Morgan fingerprint density at radius 3 is 2.69 bits per heavy atom. The zero-order valence-corrected chi connectivity index (χ0v) is 8.88. The number of methoxy groups -OCH3 is 2. The van der Waals surface area contributed by atoms with Crippen molar-refractivity contribution in [1.29, 1.82) is 5.41 Å². The summed E-state index contributed by atoms with van der Waals surface area (Å²) in [4.78, 5) is 4.04. The van der Waals surface area contributed by atoms with E-state index in [4.69, 9.17) is 14.9 Å². The van der Waals surface area contributed by atoms with Crippen LogP contribution in [0, 0.1) is 5.41 Å². The first-order valence-corrected chi connectivity index (χ1v) is 4.31. The molecule has 0 spiro atoms. The van der Waals surface area contributed by atoms with Crippen molar-refractivity contribution in [3.63, 3.8) is 0 Å². The van der Waals surface area contributed by atoms with Crippen LogP contribution in [-0.2, 0) is 4.74 Å². The number of ether oxygens (including phenoxy) is 2. The average Bonchev–Trinajstić information content (AvgIpc) is 2.17. The van der Waals surface area contributed by atoms with E-state index in [1.54, 1.807) is 12.1 Å². The fourth-order valence-electron chi connectivity index (χ4n) is 0.798. The van der Waals surface area contributed by atoms with Gasteiger partial charge >= 0.3 is 0 Å². The van der Waals surface area contributed by atoms with E-state index in [0.717, 1.165) is 4.47 Å². The molecule has 0 radical (unpaired) electrons. The fourth-order valence-corrected chi connectivity index (χ4v) is 1.18. The lowest BCUT2D eigenvalue weighted by Gasteiger charge is -2.05. The van der Waals surface area contributed by atoms with Crippen LogP contribution in [0.5, 0.6) is 5.88 Å². The van der Waals surface area contributed by atoms with Crippen LogP contribution in [-0.4, -0.2) is 25.1 Å². The van der Waals surface area contributed by atoms with Crippen molar-refractivity contribution in [2.75, 3.05) is 14.2 Å². The van der Waals surface area contributed by atoms with Gasteiger partial charge in [-0.05, 0) is 28.1 Å². The van der Waals surface area contributed by atoms with Crippen molar-refractivity contribution in [1.82, 2.24) is 4.98 Å². The Balaban J connectivity index is 3.06. The monoisotopic (exact) mass is 244 g/mol. The normalized spacial score (nSPS) is 9.46. The van der Waals surface area contributed by atoms with E-state index < -0.39 is 0 Å². The van der Waals surface area contributed by atoms with Crippen molar-refractivity contribution in [2.24, 2.45) is 0 Å². The third kappa shape index (κ3) is 2.18. The van der Waals surface area contributed by atoms with E-state index in [0.29, 0.717) is 11.6 Å². The van der Waals surface area contributed by atoms with Gasteiger partial charge in [-0.25, -0.2) is 4.98 Å². The molecule has 0 bridgehead atoms. The largest absolute Gasteiger partial charge is 0.480 e. The number of aromatic nitrogens is 1. The Bertz CT molecular complexity index is 328. The van der Waals surface area contributed by atoms with Crippen molar-refractivity contribution in [3.8, 4) is 5.88 Å². The van der Waals surface area contributed by atoms with Gasteiger partial charge in [-0.1, -0.05) is 0 Å². The molecule has 0 unspecified atom stereocenters. The minimum atomic E-state index is 0.0193. The van der Waals surface area contributed by atoms with Crippen molar-refractivity contribution < 1.29 is 9.47 Å². The van der Waals surface area contributed by atoms with E-state index in [9.17, 15) is 0 Å². The molecule has 0 fully saturated rings. The first kappa shape index (κ1) is 9.98. The van der Waals surface area contributed by atoms with E-state index in [-0.39, 0.29) is 5.90 Å². The molecule has 1 heterocycles. The molecule has 13 heavy (non-hydrogen) atoms. The van der Waals surface area contributed by atoms with Crippen LogP contribution < -0.4 is 4.74 Å². The van der Waals surface area contributed by atoms with E-state index in [1.807, 2.05) is 0 Å². The molecule has 0 saturated carbocycles. The van der Waals surface area contributed by atoms with Crippen LogP contribution in [0.15, 0.2) is 16.6 Å². The van der Waals surface area contributed by atoms with Crippen LogP contribution in [0.3, 0.4) is 0 Å². The van der Waals surface area contributed by atoms with E-state index >= 15 is 0 Å². The third-order valence-corrected chi connectivity index (χ3v) is 2.05. The molecule has 0 aliphatic carbocycles. The smallest absolute Gasteiger partial charge is 0.232 e. The van der Waals surface area contributed by atoms with Gasteiger partial charge in [-0.2, -0.15) is 0 Å². The minimum Gasteiger partial charge on any atom is -0.480 e. The highest BCUT2D eigenvalue weighted by atomic mass is 79.9. The summed E-state index contributed by atoms with van der Waals surface area (Å²) >= 11 is 3.26. The van der Waals surface area contributed by atoms with Crippen LogP contribution >= 0.6 is 15.9 Å². The predicted molar refractivity (Wildman–Crippen MR) is 52.3 cm³/mol. The SMILES string of the molecule is COC(=N)c1ccc(Br)c(OC)n1. The summed E-state index contributed by atoms with van der Waals surface area (Å²) < 4.78 is 10.4. The molecular weight excluding hydrogens is 236 g/mol. The Labute approximate surface area is 84.5 Å². The molecule has 1 aromatic rings. The van der Waals surface area contributed by atoms with Gasteiger partial charge in [0.1, 0.15) is 5.69 Å². The molecule has 1 aromatic heterocycles. The maximum Gasteiger partial charge on any atom is 0.232 e. The van der Waals surface area contributed by atoms with Gasteiger partial charge in [0.25, 0.3) is 0 Å². The van der Waals surface area contributed by atoms with Gasteiger partial charge in [0.15, 0.2) is 0 Å². The summed E-state index contributed by atoms with van der Waals surface area (Å²) in [5.74, 6) is 0.463. The summed E-state index contributed by atoms with van der Waals surface area (Å²) in [6, 6.07) is 3.44. The maximum absolute atomic E-state index is 7.37. The first-order valence-electron chi connectivity index (χ1n) is 3.52. The lowest BCUT2D eigenvalue weighted by molar-refractivity contribution is 0.386. The molecule has 0 aliphatic heterocycles. The molecule has 0 atom stereocenters. The van der Waals surface area contributed by atoms with Gasteiger partial charge in [0.2, 0.25) is 11.8 Å². The number of hydrogen-bond donors (Lipinski definition) is 1. The molecule has 1 rings (SSSR count). The van der Waals surface area contributed by atoms with Crippen LogP contribution in [0.1, 0.15) is 5.69 Å². The molecular formula is C8H9BrN2O2. The molecule has 0 aliphatic rings. The summed E-state index contributed by atoms with van der Waals surface area (Å²) in [7, 11) is 2.95. The second-order valence-corrected chi connectivity index (χ2v) is 3.08. The summed E-state index contributed by atoms with van der Waals surface area (Å²) in [6.45, 7) is 0. The fraction of sp³-hybridized carbons (Fsp3) is 0.250. The standard InChI is InChI=1S/C8H9BrN2O2/c1-12-7(10)6-4-3-5(9)8(11-6)13-2/h3-4,10H,1-2H3. The molecule has 70 valence electrons. The Kier molecular flexibility index (Phi) is 3.25. The molecule has 0 saturated heterocycles. The van der Waals surface area contributed by atoms with Crippen LogP contribution in [0.4, 0.5) is 0 Å². The zero-order valence-electron chi connectivity index (χ0n) is 7.30. The van der Waals surface area contributed by atoms with Gasteiger partial charge in [-0.15, -0.1) is 0 Å². The molecule has 5 heteroatoms. The van der Waals surface area contributed by atoms with Crippen molar-refractivity contribution in [2.45, 2.75) is 0 Å². The number of nitrogens with one attached hydrogen (secondary N) is 1. The predicted octanol–water partition coefficient (Wildman–Crippen LogP) is 1.82. The van der Waals surface area contributed by atoms with E-state index in [1.165, 1.54) is 14.2 Å².